The van der Waals surface area contributed by atoms with Crippen LogP contribution in [0.3, 0.4) is 0 Å². The summed E-state index contributed by atoms with van der Waals surface area (Å²) in [5.41, 5.74) is 0.941. The number of amides is 1. The summed E-state index contributed by atoms with van der Waals surface area (Å²) in [5, 5.41) is 3.60. The predicted octanol–water partition coefficient (Wildman–Crippen LogP) is 6.16. The van der Waals surface area contributed by atoms with Gasteiger partial charge in [0.25, 0.3) is 5.91 Å². The molecular formula is C26H33N3O2S. The lowest BCUT2D eigenvalue weighted by Gasteiger charge is -2.39. The molecule has 1 unspecified atom stereocenters. The number of hydrogen-bond acceptors (Lipinski definition) is 5. The number of anilines is 2. The molecule has 1 aromatic heterocycles. The Labute approximate surface area is 195 Å². The second kappa shape index (κ2) is 9.65. The first kappa shape index (κ1) is 21.5. The number of nitrogens with one attached hydrogen (secondary N) is 1. The third-order valence-electron chi connectivity index (χ3n) is 6.98. The van der Waals surface area contributed by atoms with Crippen LogP contribution in [-0.2, 0) is 4.79 Å². The maximum Gasteiger partial charge on any atom is 0.263 e. The zero-order valence-corrected chi connectivity index (χ0v) is 19.7. The molecule has 1 aliphatic carbocycles. The average Bonchev–Trinajstić information content (AvgIpc) is 3.41. The van der Waals surface area contributed by atoms with E-state index in [0.717, 1.165) is 41.7 Å². The van der Waals surface area contributed by atoms with Crippen LogP contribution in [-0.4, -0.2) is 35.4 Å². The minimum absolute atomic E-state index is 0.0989. The molecule has 3 aliphatic rings. The van der Waals surface area contributed by atoms with Gasteiger partial charge in [0.15, 0.2) is 11.4 Å². The van der Waals surface area contributed by atoms with Crippen LogP contribution in [0.15, 0.2) is 51.8 Å². The molecule has 1 saturated carbocycles. The van der Waals surface area contributed by atoms with Crippen LogP contribution < -0.4 is 10.2 Å². The number of piperidine rings is 1. The Balaban J connectivity index is 1.39. The van der Waals surface area contributed by atoms with E-state index in [1.165, 1.54) is 38.5 Å². The van der Waals surface area contributed by atoms with E-state index in [4.69, 9.17) is 4.42 Å². The van der Waals surface area contributed by atoms with Gasteiger partial charge in [0, 0.05) is 37.0 Å². The van der Waals surface area contributed by atoms with E-state index in [1.807, 2.05) is 36.4 Å². The highest BCUT2D eigenvalue weighted by molar-refractivity contribution is 8.05. The fourth-order valence-corrected chi connectivity index (χ4v) is 6.39. The maximum atomic E-state index is 13.6. The van der Waals surface area contributed by atoms with Crippen LogP contribution in [0.4, 0.5) is 11.6 Å². The van der Waals surface area contributed by atoms with Crippen molar-refractivity contribution in [1.82, 2.24) is 4.90 Å². The Morgan fingerprint density at radius 3 is 2.56 bits per heavy atom. The topological polar surface area (TPSA) is 48.7 Å². The standard InChI is InChI=1S/C26H33N3O2S/c1-19-10-6-7-13-22(19)29-25(30)23(32-26(29)27-20-11-4-2-5-12-20)18-21-14-15-24(31-21)28-16-8-3-9-17-28/h2,4-5,11-12,14-15,18-19,22,26-27H,3,6-10,13,16-17H2,1H3/b23-18-/t19-,22-,26?/m0/s1. The SMILES string of the molecule is C[C@H]1CCCC[C@@H]1N1C(=O)/C(=C/c2ccc(N3CCCCC3)o2)SC1Nc1ccccc1. The van der Waals surface area contributed by atoms with Crippen molar-refractivity contribution in [3.05, 3.63) is 53.1 Å². The first-order valence-electron chi connectivity index (χ1n) is 12.1. The number of para-hydroxylation sites is 1. The number of benzene rings is 1. The summed E-state index contributed by atoms with van der Waals surface area (Å²) in [7, 11) is 0. The van der Waals surface area contributed by atoms with Gasteiger partial charge in [-0.3, -0.25) is 4.79 Å². The molecule has 2 aromatic rings. The van der Waals surface area contributed by atoms with E-state index in [1.54, 1.807) is 11.8 Å². The Bertz CT molecular complexity index is 951. The van der Waals surface area contributed by atoms with Crippen LogP contribution in [0, 0.1) is 5.92 Å². The van der Waals surface area contributed by atoms with Gasteiger partial charge in [0.2, 0.25) is 0 Å². The zero-order valence-electron chi connectivity index (χ0n) is 18.8. The van der Waals surface area contributed by atoms with Crippen molar-refractivity contribution in [3.63, 3.8) is 0 Å². The molecule has 1 amide bonds. The van der Waals surface area contributed by atoms with E-state index in [9.17, 15) is 4.79 Å². The summed E-state index contributed by atoms with van der Waals surface area (Å²) in [6.45, 7) is 4.39. The van der Waals surface area contributed by atoms with Gasteiger partial charge in [-0.2, -0.15) is 0 Å². The van der Waals surface area contributed by atoms with Crippen molar-refractivity contribution in [1.29, 1.82) is 0 Å². The number of carbonyl (C=O) groups is 1. The molecule has 0 radical (unpaired) electrons. The predicted molar refractivity (Wildman–Crippen MR) is 132 cm³/mol. The first-order chi connectivity index (χ1) is 15.7. The second-order valence-electron chi connectivity index (χ2n) is 9.25. The van der Waals surface area contributed by atoms with Crippen molar-refractivity contribution in [2.75, 3.05) is 23.3 Å². The normalized spacial score (nSPS) is 27.8. The molecule has 5 rings (SSSR count). The third-order valence-corrected chi connectivity index (χ3v) is 8.09. The summed E-state index contributed by atoms with van der Waals surface area (Å²) < 4.78 is 6.13. The molecule has 3 atom stereocenters. The molecule has 0 spiro atoms. The number of carbonyl (C=O) groups excluding carboxylic acids is 1. The Morgan fingerprint density at radius 2 is 1.78 bits per heavy atom. The average molecular weight is 452 g/mol. The lowest BCUT2D eigenvalue weighted by atomic mass is 9.85. The summed E-state index contributed by atoms with van der Waals surface area (Å²) >= 11 is 1.61. The number of rotatable bonds is 5. The summed E-state index contributed by atoms with van der Waals surface area (Å²) in [6.07, 6.45) is 10.4. The molecule has 170 valence electrons. The van der Waals surface area contributed by atoms with E-state index < -0.39 is 0 Å². The molecule has 6 heteroatoms. The smallest absolute Gasteiger partial charge is 0.263 e. The minimum Gasteiger partial charge on any atom is -0.441 e. The van der Waals surface area contributed by atoms with Crippen LogP contribution >= 0.6 is 11.8 Å². The molecule has 1 N–H and O–H groups in total. The van der Waals surface area contributed by atoms with Gasteiger partial charge < -0.3 is 19.5 Å². The summed E-state index contributed by atoms with van der Waals surface area (Å²) in [4.78, 5) is 18.8. The van der Waals surface area contributed by atoms with E-state index >= 15 is 0 Å². The number of nitrogens with zero attached hydrogens (tertiary/aromatic N) is 2. The Hall–Kier alpha value is -2.34. The molecular weight excluding hydrogens is 418 g/mol. The summed E-state index contributed by atoms with van der Waals surface area (Å²) in [5.74, 6) is 2.32. The monoisotopic (exact) mass is 451 g/mol. The first-order valence-corrected chi connectivity index (χ1v) is 12.9. The van der Waals surface area contributed by atoms with Gasteiger partial charge in [-0.15, -0.1) is 0 Å². The van der Waals surface area contributed by atoms with E-state index in [-0.39, 0.29) is 17.4 Å². The van der Waals surface area contributed by atoms with Crippen LogP contribution in [0.2, 0.25) is 0 Å². The molecule has 0 bridgehead atoms. The summed E-state index contributed by atoms with van der Waals surface area (Å²) in [6, 6.07) is 14.5. The van der Waals surface area contributed by atoms with Gasteiger partial charge >= 0.3 is 0 Å². The number of furan rings is 1. The minimum atomic E-state index is -0.0989. The molecule has 5 nitrogen and oxygen atoms in total. The number of thioether (sulfide) groups is 1. The quantitative estimate of drug-likeness (QED) is 0.552. The molecule has 3 fully saturated rings. The van der Waals surface area contributed by atoms with Crippen molar-refractivity contribution in [2.24, 2.45) is 5.92 Å². The maximum absolute atomic E-state index is 13.6. The Kier molecular flexibility index (Phi) is 6.49. The van der Waals surface area contributed by atoms with E-state index in [0.29, 0.717) is 5.92 Å². The van der Waals surface area contributed by atoms with Gasteiger partial charge in [0.1, 0.15) is 5.76 Å². The lowest BCUT2D eigenvalue weighted by molar-refractivity contribution is -0.129. The second-order valence-corrected chi connectivity index (χ2v) is 10.4. The number of hydrogen-bond donors (Lipinski definition) is 1. The Morgan fingerprint density at radius 1 is 1.00 bits per heavy atom. The molecule has 1 aromatic carbocycles. The van der Waals surface area contributed by atoms with Crippen LogP contribution in [0.1, 0.15) is 57.6 Å². The highest BCUT2D eigenvalue weighted by Crippen LogP contribution is 2.42. The highest BCUT2D eigenvalue weighted by Gasteiger charge is 2.43. The van der Waals surface area contributed by atoms with Crippen molar-refractivity contribution >= 4 is 35.3 Å². The third kappa shape index (κ3) is 4.56. The fraction of sp³-hybridized carbons (Fsp3) is 0.500. The van der Waals surface area contributed by atoms with Gasteiger partial charge in [-0.25, -0.2) is 0 Å². The highest BCUT2D eigenvalue weighted by atomic mass is 32.2. The van der Waals surface area contributed by atoms with Crippen molar-refractivity contribution in [2.45, 2.75) is 63.4 Å². The van der Waals surface area contributed by atoms with Gasteiger partial charge in [-0.05, 0) is 56.2 Å². The van der Waals surface area contributed by atoms with Gasteiger partial charge in [0.05, 0.1) is 4.91 Å². The van der Waals surface area contributed by atoms with Crippen molar-refractivity contribution < 1.29 is 9.21 Å². The molecule has 3 heterocycles. The molecule has 2 saturated heterocycles. The fourth-order valence-electron chi connectivity index (χ4n) is 5.20. The lowest BCUT2D eigenvalue weighted by Crippen LogP contribution is -2.48. The zero-order chi connectivity index (χ0) is 21.9. The van der Waals surface area contributed by atoms with Crippen molar-refractivity contribution in [3.8, 4) is 0 Å². The van der Waals surface area contributed by atoms with Crippen LogP contribution in [0.25, 0.3) is 6.08 Å². The largest absolute Gasteiger partial charge is 0.441 e. The van der Waals surface area contributed by atoms with E-state index in [2.05, 4.69) is 34.2 Å². The van der Waals surface area contributed by atoms with Gasteiger partial charge in [-0.1, -0.05) is 49.7 Å². The molecule has 2 aliphatic heterocycles. The molecule has 32 heavy (non-hydrogen) atoms. The van der Waals surface area contributed by atoms with Crippen LogP contribution in [0.5, 0.6) is 0 Å².